The van der Waals surface area contributed by atoms with Crippen LogP contribution in [0.1, 0.15) is 6.92 Å². The van der Waals surface area contributed by atoms with E-state index in [0.717, 1.165) is 11.4 Å². The van der Waals surface area contributed by atoms with Gasteiger partial charge in [-0.3, -0.25) is 4.79 Å². The molecule has 2 unspecified atom stereocenters. The van der Waals surface area contributed by atoms with Crippen LogP contribution in [0, 0.1) is 5.92 Å². The summed E-state index contributed by atoms with van der Waals surface area (Å²) in [5.41, 5.74) is 1.63. The van der Waals surface area contributed by atoms with Gasteiger partial charge in [0, 0.05) is 0 Å². The highest BCUT2D eigenvalue weighted by atomic mass is 16.5. The lowest BCUT2D eigenvalue weighted by Crippen LogP contribution is -2.33. The number of para-hydroxylation sites is 1. The van der Waals surface area contributed by atoms with E-state index in [1.54, 1.807) is 0 Å². The zero-order valence-corrected chi connectivity index (χ0v) is 10.2. The number of benzene rings is 1. The Hall–Kier alpha value is -1.75. The van der Waals surface area contributed by atoms with E-state index in [1.165, 1.54) is 0 Å². The minimum atomic E-state index is -0.133. The van der Waals surface area contributed by atoms with E-state index in [4.69, 9.17) is 9.47 Å². The number of hydrogen-bond donors (Lipinski definition) is 2. The number of ether oxygens (including phenoxy) is 2. The predicted molar refractivity (Wildman–Crippen MR) is 68.0 cm³/mol. The second kappa shape index (κ2) is 4.49. The number of carbonyl (C=O) groups is 1. The molecule has 2 aliphatic heterocycles. The second-order valence-corrected chi connectivity index (χ2v) is 4.50. The van der Waals surface area contributed by atoms with Gasteiger partial charge >= 0.3 is 0 Å². The minimum Gasteiger partial charge on any atom is -0.492 e. The van der Waals surface area contributed by atoms with Crippen molar-refractivity contribution >= 4 is 17.3 Å². The Morgan fingerprint density at radius 3 is 3.17 bits per heavy atom. The molecular weight excluding hydrogens is 232 g/mol. The first-order valence-electron chi connectivity index (χ1n) is 6.20. The SMILES string of the molecule is CCOc1cccc2c1NC(=O)C1COCC1N2. The Morgan fingerprint density at radius 1 is 1.44 bits per heavy atom. The normalized spacial score (nSPS) is 25.5. The van der Waals surface area contributed by atoms with Crippen LogP contribution in [0.15, 0.2) is 18.2 Å². The van der Waals surface area contributed by atoms with Crippen molar-refractivity contribution in [3.63, 3.8) is 0 Å². The molecule has 0 saturated carbocycles. The van der Waals surface area contributed by atoms with Gasteiger partial charge in [0.1, 0.15) is 11.4 Å². The predicted octanol–water partition coefficient (Wildman–Crippen LogP) is 1.46. The largest absolute Gasteiger partial charge is 0.492 e. The molecule has 5 heteroatoms. The Balaban J connectivity index is 1.99. The molecule has 2 atom stereocenters. The van der Waals surface area contributed by atoms with Gasteiger partial charge in [-0.15, -0.1) is 0 Å². The van der Waals surface area contributed by atoms with Crippen LogP contribution in [0.2, 0.25) is 0 Å². The van der Waals surface area contributed by atoms with Crippen LogP contribution < -0.4 is 15.4 Å². The summed E-state index contributed by atoms with van der Waals surface area (Å²) in [7, 11) is 0. The quantitative estimate of drug-likeness (QED) is 0.832. The Kier molecular flexibility index (Phi) is 2.83. The molecule has 2 heterocycles. The lowest BCUT2D eigenvalue weighted by molar-refractivity contribution is -0.119. The van der Waals surface area contributed by atoms with Crippen LogP contribution in [-0.4, -0.2) is 31.8 Å². The first-order valence-corrected chi connectivity index (χ1v) is 6.20. The van der Waals surface area contributed by atoms with Gasteiger partial charge < -0.3 is 20.1 Å². The molecule has 1 saturated heterocycles. The van der Waals surface area contributed by atoms with Crippen LogP contribution >= 0.6 is 0 Å². The van der Waals surface area contributed by atoms with E-state index < -0.39 is 0 Å². The van der Waals surface area contributed by atoms with Crippen molar-refractivity contribution in [1.29, 1.82) is 0 Å². The summed E-state index contributed by atoms with van der Waals surface area (Å²) in [6, 6.07) is 5.77. The minimum absolute atomic E-state index is 0.00379. The summed E-state index contributed by atoms with van der Waals surface area (Å²) in [5.74, 6) is 0.569. The van der Waals surface area contributed by atoms with Crippen molar-refractivity contribution < 1.29 is 14.3 Å². The van der Waals surface area contributed by atoms with E-state index in [-0.39, 0.29) is 17.9 Å². The number of carbonyl (C=O) groups excluding carboxylic acids is 1. The zero-order valence-electron chi connectivity index (χ0n) is 10.2. The molecule has 1 aromatic rings. The van der Waals surface area contributed by atoms with Gasteiger partial charge in [-0.2, -0.15) is 0 Å². The fourth-order valence-electron chi connectivity index (χ4n) is 2.43. The fourth-order valence-corrected chi connectivity index (χ4v) is 2.43. The highest BCUT2D eigenvalue weighted by Crippen LogP contribution is 2.37. The summed E-state index contributed by atoms with van der Waals surface area (Å²) in [6.45, 7) is 3.54. The van der Waals surface area contributed by atoms with E-state index in [2.05, 4.69) is 10.6 Å². The molecule has 0 spiro atoms. The van der Waals surface area contributed by atoms with E-state index in [0.29, 0.717) is 25.6 Å². The molecule has 5 nitrogen and oxygen atoms in total. The Morgan fingerprint density at radius 2 is 2.33 bits per heavy atom. The molecule has 0 aliphatic carbocycles. The molecule has 96 valence electrons. The fraction of sp³-hybridized carbons (Fsp3) is 0.462. The summed E-state index contributed by atoms with van der Waals surface area (Å²) in [6.07, 6.45) is 0. The maximum absolute atomic E-state index is 12.1. The van der Waals surface area contributed by atoms with Gasteiger partial charge in [0.25, 0.3) is 0 Å². The molecular formula is C13H16N2O3. The third kappa shape index (κ3) is 1.80. The molecule has 2 aliphatic rings. The zero-order chi connectivity index (χ0) is 12.5. The molecule has 1 fully saturated rings. The standard InChI is InChI=1S/C13H16N2O3/c1-2-18-11-5-3-4-9-12(11)15-13(16)8-6-17-7-10(8)14-9/h3-5,8,10,14H,2,6-7H2,1H3,(H,15,16). The van der Waals surface area contributed by atoms with Crippen LogP contribution in [-0.2, 0) is 9.53 Å². The summed E-state index contributed by atoms with van der Waals surface area (Å²) >= 11 is 0. The van der Waals surface area contributed by atoms with Gasteiger partial charge in [0.2, 0.25) is 5.91 Å². The average Bonchev–Trinajstić information content (AvgIpc) is 2.76. The van der Waals surface area contributed by atoms with E-state index >= 15 is 0 Å². The first kappa shape index (κ1) is 11.3. The van der Waals surface area contributed by atoms with E-state index in [1.807, 2.05) is 25.1 Å². The maximum atomic E-state index is 12.1. The molecule has 0 aromatic heterocycles. The lowest BCUT2D eigenvalue weighted by atomic mass is 10.0. The topological polar surface area (TPSA) is 59.6 Å². The highest BCUT2D eigenvalue weighted by molar-refractivity contribution is 6.00. The van der Waals surface area contributed by atoms with Crippen LogP contribution in [0.5, 0.6) is 5.75 Å². The summed E-state index contributed by atoms with van der Waals surface area (Å²) in [5, 5.41) is 6.30. The van der Waals surface area contributed by atoms with Gasteiger partial charge in [0.15, 0.2) is 0 Å². The van der Waals surface area contributed by atoms with E-state index in [9.17, 15) is 4.79 Å². The number of amides is 1. The third-order valence-corrected chi connectivity index (χ3v) is 3.33. The van der Waals surface area contributed by atoms with Crippen molar-refractivity contribution in [2.24, 2.45) is 5.92 Å². The van der Waals surface area contributed by atoms with Gasteiger partial charge in [0.05, 0.1) is 37.5 Å². The highest BCUT2D eigenvalue weighted by Gasteiger charge is 2.37. The molecule has 2 N–H and O–H groups in total. The molecule has 0 radical (unpaired) electrons. The number of fused-ring (bicyclic) bond motifs is 2. The Labute approximate surface area is 105 Å². The Bertz CT molecular complexity index is 475. The molecule has 3 rings (SSSR count). The third-order valence-electron chi connectivity index (χ3n) is 3.33. The number of nitrogens with one attached hydrogen (secondary N) is 2. The average molecular weight is 248 g/mol. The molecule has 0 bridgehead atoms. The molecule has 1 aromatic carbocycles. The van der Waals surface area contributed by atoms with Crippen molar-refractivity contribution in [2.75, 3.05) is 30.5 Å². The van der Waals surface area contributed by atoms with Crippen molar-refractivity contribution in [3.05, 3.63) is 18.2 Å². The number of rotatable bonds is 2. The van der Waals surface area contributed by atoms with Gasteiger partial charge in [-0.1, -0.05) is 6.07 Å². The molecule has 18 heavy (non-hydrogen) atoms. The van der Waals surface area contributed by atoms with Crippen LogP contribution in [0.3, 0.4) is 0 Å². The van der Waals surface area contributed by atoms with Crippen molar-refractivity contribution in [3.8, 4) is 5.75 Å². The summed E-state index contributed by atoms with van der Waals surface area (Å²) in [4.78, 5) is 12.1. The monoisotopic (exact) mass is 248 g/mol. The van der Waals surface area contributed by atoms with Crippen LogP contribution in [0.4, 0.5) is 11.4 Å². The lowest BCUT2D eigenvalue weighted by Gasteiger charge is -2.15. The van der Waals surface area contributed by atoms with Gasteiger partial charge in [-0.25, -0.2) is 0 Å². The number of anilines is 2. The van der Waals surface area contributed by atoms with Crippen molar-refractivity contribution in [1.82, 2.24) is 0 Å². The molecule has 1 amide bonds. The maximum Gasteiger partial charge on any atom is 0.232 e. The van der Waals surface area contributed by atoms with Crippen molar-refractivity contribution in [2.45, 2.75) is 13.0 Å². The second-order valence-electron chi connectivity index (χ2n) is 4.50. The first-order chi connectivity index (χ1) is 8.79. The smallest absolute Gasteiger partial charge is 0.232 e. The summed E-state index contributed by atoms with van der Waals surface area (Å²) < 4.78 is 10.9. The number of hydrogen-bond acceptors (Lipinski definition) is 4. The van der Waals surface area contributed by atoms with Gasteiger partial charge in [-0.05, 0) is 19.1 Å². The van der Waals surface area contributed by atoms with Crippen LogP contribution in [0.25, 0.3) is 0 Å².